The van der Waals surface area contributed by atoms with Crippen molar-refractivity contribution in [1.82, 2.24) is 0 Å². The van der Waals surface area contributed by atoms with E-state index >= 15 is 0 Å². The van der Waals surface area contributed by atoms with Gasteiger partial charge in [0.1, 0.15) is 0 Å². The summed E-state index contributed by atoms with van der Waals surface area (Å²) < 4.78 is 0. The van der Waals surface area contributed by atoms with Crippen molar-refractivity contribution in [2.24, 2.45) is 4.99 Å². The van der Waals surface area contributed by atoms with Gasteiger partial charge in [0.05, 0.1) is 6.54 Å². The van der Waals surface area contributed by atoms with Gasteiger partial charge in [-0.3, -0.25) is 9.79 Å². The molecule has 0 N–H and O–H groups in total. The fourth-order valence-corrected chi connectivity index (χ4v) is 3.75. The number of thioether (sulfide) groups is 1. The number of hydrogen-bond acceptors (Lipinski definition) is 4. The Morgan fingerprint density at radius 3 is 2.48 bits per heavy atom. The molecular formula is C20H21ClN2OS. The standard InChI is InChI=1S/C20H21ClN2OS/c1-2-15-4-10-18(11-5-15)23(20-22-12-3-13-25-20)14-19(24)16-6-8-17(21)9-7-16/h4-11H,2-3,12-14H2,1H3. The molecule has 0 atom stereocenters. The van der Waals surface area contributed by atoms with Crippen LogP contribution in [0.4, 0.5) is 5.69 Å². The quantitative estimate of drug-likeness (QED) is 0.685. The normalized spacial score (nSPS) is 14.1. The van der Waals surface area contributed by atoms with Gasteiger partial charge in [0.25, 0.3) is 0 Å². The third-order valence-corrected chi connectivity index (χ3v) is 5.49. The van der Waals surface area contributed by atoms with Crippen molar-refractivity contribution in [3.63, 3.8) is 0 Å². The minimum Gasteiger partial charge on any atom is -0.313 e. The third kappa shape index (κ3) is 4.65. The number of aliphatic imine (C=N–C) groups is 1. The number of hydrogen-bond donors (Lipinski definition) is 0. The van der Waals surface area contributed by atoms with Crippen LogP contribution in [0.5, 0.6) is 0 Å². The van der Waals surface area contributed by atoms with Crippen molar-refractivity contribution >= 4 is 40.0 Å². The van der Waals surface area contributed by atoms with Crippen molar-refractivity contribution in [2.45, 2.75) is 19.8 Å². The minimum absolute atomic E-state index is 0.0603. The lowest BCUT2D eigenvalue weighted by atomic mass is 10.1. The van der Waals surface area contributed by atoms with E-state index in [9.17, 15) is 4.79 Å². The Morgan fingerprint density at radius 1 is 1.16 bits per heavy atom. The van der Waals surface area contributed by atoms with E-state index in [2.05, 4.69) is 36.2 Å². The number of amidine groups is 1. The number of benzene rings is 2. The smallest absolute Gasteiger partial charge is 0.182 e. The van der Waals surface area contributed by atoms with E-state index in [0.29, 0.717) is 10.6 Å². The molecular weight excluding hydrogens is 352 g/mol. The molecule has 25 heavy (non-hydrogen) atoms. The van der Waals surface area contributed by atoms with Crippen molar-refractivity contribution in [1.29, 1.82) is 0 Å². The van der Waals surface area contributed by atoms with Crippen molar-refractivity contribution < 1.29 is 4.79 Å². The van der Waals surface area contributed by atoms with Gasteiger partial charge in [0.2, 0.25) is 0 Å². The number of carbonyl (C=O) groups is 1. The molecule has 2 aromatic carbocycles. The topological polar surface area (TPSA) is 32.7 Å². The summed E-state index contributed by atoms with van der Waals surface area (Å²) >= 11 is 7.64. The number of nitrogens with zero attached hydrogens (tertiary/aromatic N) is 2. The number of halogens is 1. The molecule has 0 unspecified atom stereocenters. The van der Waals surface area contributed by atoms with Crippen LogP contribution in [-0.4, -0.2) is 29.8 Å². The number of aryl methyl sites for hydroxylation is 1. The number of carbonyl (C=O) groups excluding carboxylic acids is 1. The SMILES string of the molecule is CCc1ccc(N(CC(=O)c2ccc(Cl)cc2)C2=NCCCS2)cc1. The van der Waals surface area contributed by atoms with E-state index < -0.39 is 0 Å². The largest absolute Gasteiger partial charge is 0.313 e. The number of ketones is 1. The number of anilines is 1. The van der Waals surface area contributed by atoms with Gasteiger partial charge in [0, 0.05) is 28.6 Å². The maximum atomic E-state index is 12.8. The first-order chi connectivity index (χ1) is 12.2. The Hall–Kier alpha value is -1.78. The zero-order chi connectivity index (χ0) is 17.6. The average molecular weight is 373 g/mol. The Labute approximate surface area is 158 Å². The van der Waals surface area contributed by atoms with E-state index in [1.165, 1.54) is 5.56 Å². The predicted octanol–water partition coefficient (Wildman–Crippen LogP) is 5.08. The van der Waals surface area contributed by atoms with Gasteiger partial charge < -0.3 is 4.90 Å². The molecule has 0 radical (unpaired) electrons. The summed E-state index contributed by atoms with van der Waals surface area (Å²) in [6.07, 6.45) is 2.08. The van der Waals surface area contributed by atoms with Crippen LogP contribution in [0.1, 0.15) is 29.3 Å². The molecule has 0 aliphatic carbocycles. The van der Waals surface area contributed by atoms with Crippen LogP contribution in [0.3, 0.4) is 0 Å². The molecule has 130 valence electrons. The summed E-state index contributed by atoms with van der Waals surface area (Å²) in [6.45, 7) is 3.23. The van der Waals surface area contributed by atoms with Crippen LogP contribution in [0, 0.1) is 0 Å². The van der Waals surface area contributed by atoms with Gasteiger partial charge in [0.15, 0.2) is 11.0 Å². The molecule has 2 aromatic rings. The maximum absolute atomic E-state index is 12.8. The highest BCUT2D eigenvalue weighted by molar-refractivity contribution is 8.14. The van der Waals surface area contributed by atoms with Gasteiger partial charge in [-0.1, -0.05) is 42.4 Å². The van der Waals surface area contributed by atoms with E-state index in [4.69, 9.17) is 11.6 Å². The second-order valence-electron chi connectivity index (χ2n) is 5.90. The van der Waals surface area contributed by atoms with E-state index in [1.54, 1.807) is 36.0 Å². The van der Waals surface area contributed by atoms with Crippen molar-refractivity contribution in [3.05, 3.63) is 64.7 Å². The van der Waals surface area contributed by atoms with Gasteiger partial charge in [-0.2, -0.15) is 0 Å². The molecule has 0 saturated heterocycles. The van der Waals surface area contributed by atoms with Crippen LogP contribution >= 0.6 is 23.4 Å². The zero-order valence-electron chi connectivity index (χ0n) is 14.2. The highest BCUT2D eigenvalue weighted by Gasteiger charge is 2.20. The molecule has 1 aliphatic heterocycles. The minimum atomic E-state index is 0.0603. The molecule has 0 saturated carbocycles. The Balaban J connectivity index is 1.86. The number of Topliss-reactive ketones (excluding diaryl/α,β-unsaturated/α-hetero) is 1. The molecule has 3 rings (SSSR count). The third-order valence-electron chi connectivity index (χ3n) is 4.14. The summed E-state index contributed by atoms with van der Waals surface area (Å²) in [7, 11) is 0. The second kappa shape index (κ2) is 8.54. The lowest BCUT2D eigenvalue weighted by molar-refractivity contribution is 0.100. The molecule has 0 fully saturated rings. The van der Waals surface area contributed by atoms with Crippen LogP contribution in [0.25, 0.3) is 0 Å². The fraction of sp³-hybridized carbons (Fsp3) is 0.300. The Bertz CT molecular complexity index is 756. The molecule has 0 aromatic heterocycles. The molecule has 1 aliphatic rings. The number of rotatable bonds is 5. The molecule has 0 bridgehead atoms. The lowest BCUT2D eigenvalue weighted by Gasteiger charge is -2.27. The highest BCUT2D eigenvalue weighted by atomic mass is 35.5. The lowest BCUT2D eigenvalue weighted by Crippen LogP contribution is -2.35. The zero-order valence-corrected chi connectivity index (χ0v) is 15.8. The van der Waals surface area contributed by atoms with Crippen LogP contribution in [0.2, 0.25) is 5.02 Å². The van der Waals surface area contributed by atoms with Gasteiger partial charge in [-0.05, 0) is 54.8 Å². The van der Waals surface area contributed by atoms with Gasteiger partial charge in [-0.15, -0.1) is 0 Å². The molecule has 0 amide bonds. The van der Waals surface area contributed by atoms with Crippen LogP contribution in [0.15, 0.2) is 53.5 Å². The Kier molecular flexibility index (Phi) is 6.16. The summed E-state index contributed by atoms with van der Waals surface area (Å²) in [5, 5.41) is 1.56. The van der Waals surface area contributed by atoms with Gasteiger partial charge in [-0.25, -0.2) is 0 Å². The summed E-state index contributed by atoms with van der Waals surface area (Å²) in [5.41, 5.74) is 2.96. The Morgan fingerprint density at radius 2 is 1.88 bits per heavy atom. The van der Waals surface area contributed by atoms with Crippen LogP contribution < -0.4 is 4.90 Å². The molecule has 1 heterocycles. The fourth-order valence-electron chi connectivity index (χ4n) is 2.66. The first-order valence-electron chi connectivity index (χ1n) is 8.50. The maximum Gasteiger partial charge on any atom is 0.182 e. The average Bonchev–Trinajstić information content (AvgIpc) is 2.67. The van der Waals surface area contributed by atoms with Crippen LogP contribution in [-0.2, 0) is 6.42 Å². The molecule has 0 spiro atoms. The summed E-state index contributed by atoms with van der Waals surface area (Å²) in [4.78, 5) is 19.4. The second-order valence-corrected chi connectivity index (χ2v) is 7.40. The van der Waals surface area contributed by atoms with E-state index in [-0.39, 0.29) is 12.3 Å². The first-order valence-corrected chi connectivity index (χ1v) is 9.86. The van der Waals surface area contributed by atoms with Crippen molar-refractivity contribution in [2.75, 3.05) is 23.7 Å². The highest BCUT2D eigenvalue weighted by Crippen LogP contribution is 2.24. The van der Waals surface area contributed by atoms with Gasteiger partial charge >= 0.3 is 0 Å². The monoisotopic (exact) mass is 372 g/mol. The summed E-state index contributed by atoms with van der Waals surface area (Å²) in [6, 6.07) is 15.4. The van der Waals surface area contributed by atoms with Crippen molar-refractivity contribution in [3.8, 4) is 0 Å². The molecule has 3 nitrogen and oxygen atoms in total. The predicted molar refractivity (Wildman–Crippen MR) is 108 cm³/mol. The van der Waals surface area contributed by atoms with E-state index in [1.807, 2.05) is 4.90 Å². The first kappa shape index (κ1) is 18.0. The van der Waals surface area contributed by atoms with E-state index in [0.717, 1.165) is 36.0 Å². The summed E-state index contributed by atoms with van der Waals surface area (Å²) in [5.74, 6) is 1.10. The molecule has 5 heteroatoms.